The van der Waals surface area contributed by atoms with Crippen LogP contribution in [0.4, 0.5) is 5.00 Å². The average molecular weight is 595 g/mol. The van der Waals surface area contributed by atoms with Gasteiger partial charge in [-0.3, -0.25) is 9.59 Å². The Bertz CT molecular complexity index is 1510. The lowest BCUT2D eigenvalue weighted by molar-refractivity contribution is -0.118. The Morgan fingerprint density at radius 2 is 1.67 bits per heavy atom. The van der Waals surface area contributed by atoms with E-state index in [9.17, 15) is 14.4 Å². The number of carbonyl (C=O) groups excluding carboxylic acids is 3. The number of ether oxygens (including phenoxy) is 4. The summed E-state index contributed by atoms with van der Waals surface area (Å²) >= 11 is 1.43. The molecule has 2 N–H and O–H groups in total. The summed E-state index contributed by atoms with van der Waals surface area (Å²) in [6.07, 6.45) is 4.65. The van der Waals surface area contributed by atoms with Gasteiger partial charge in [-0.2, -0.15) is 0 Å². The summed E-state index contributed by atoms with van der Waals surface area (Å²) < 4.78 is 21.9. The third kappa shape index (κ3) is 5.17. The second-order valence-corrected chi connectivity index (χ2v) is 12.9. The first kappa shape index (κ1) is 29.7. The summed E-state index contributed by atoms with van der Waals surface area (Å²) in [7, 11) is 5.94. The number of nitrogens with one attached hydrogen (secondary N) is 2. The number of thiophene rings is 1. The summed E-state index contributed by atoms with van der Waals surface area (Å²) in [5.74, 6) is -0.317. The Balaban J connectivity index is 1.65. The maximum atomic E-state index is 14.3. The third-order valence-electron chi connectivity index (χ3n) is 8.29. The number of aryl methyl sites for hydroxylation is 1. The molecule has 0 spiro atoms. The highest BCUT2D eigenvalue weighted by molar-refractivity contribution is 7.17. The number of methoxy groups -OCH3 is 4. The standard InChI is InChI=1S/C32H38N2O7S/c1-16-24(29(36)34-30-26(31(37)41-7)18-10-8-9-11-23(18)42-30)25(27-19(33-16)14-32(2,3)15-20(27)35)17-12-21(38-4)28(40-6)22(13-17)39-5/h12-13,25,33H,8-11,14-15H2,1-7H3,(H,34,36)/t25-/m1/s1. The van der Waals surface area contributed by atoms with Crippen LogP contribution in [0.5, 0.6) is 17.2 Å². The van der Waals surface area contributed by atoms with Crippen molar-refractivity contribution in [2.24, 2.45) is 5.41 Å². The van der Waals surface area contributed by atoms with E-state index in [1.807, 2.05) is 6.92 Å². The average Bonchev–Trinajstić information content (AvgIpc) is 3.31. The second-order valence-electron chi connectivity index (χ2n) is 11.7. The summed E-state index contributed by atoms with van der Waals surface area (Å²) in [4.78, 5) is 42.1. The molecule has 0 saturated carbocycles. The van der Waals surface area contributed by atoms with E-state index in [1.165, 1.54) is 39.8 Å². The van der Waals surface area contributed by atoms with Crippen molar-refractivity contribution < 1.29 is 33.3 Å². The first-order chi connectivity index (χ1) is 20.0. The Morgan fingerprint density at radius 1 is 1.00 bits per heavy atom. The summed E-state index contributed by atoms with van der Waals surface area (Å²) in [5.41, 5.74) is 4.20. The van der Waals surface area contributed by atoms with Gasteiger partial charge in [0.2, 0.25) is 5.75 Å². The van der Waals surface area contributed by atoms with Gasteiger partial charge < -0.3 is 29.6 Å². The van der Waals surface area contributed by atoms with Crippen LogP contribution in [0.15, 0.2) is 34.7 Å². The lowest BCUT2D eigenvalue weighted by Crippen LogP contribution is -2.39. The van der Waals surface area contributed by atoms with Gasteiger partial charge in [-0.1, -0.05) is 13.8 Å². The van der Waals surface area contributed by atoms with E-state index in [4.69, 9.17) is 18.9 Å². The molecule has 3 aliphatic rings. The first-order valence-electron chi connectivity index (χ1n) is 14.1. The predicted molar refractivity (Wildman–Crippen MR) is 161 cm³/mol. The van der Waals surface area contributed by atoms with Gasteiger partial charge in [0, 0.05) is 39.8 Å². The van der Waals surface area contributed by atoms with E-state index in [0.717, 1.165) is 41.8 Å². The summed E-state index contributed by atoms with van der Waals surface area (Å²) in [6, 6.07) is 3.58. The molecule has 2 aromatic rings. The van der Waals surface area contributed by atoms with Crippen molar-refractivity contribution in [3.05, 3.63) is 56.2 Å². The monoisotopic (exact) mass is 594 g/mol. The highest BCUT2D eigenvalue weighted by Gasteiger charge is 2.43. The molecule has 1 aliphatic heterocycles. The van der Waals surface area contributed by atoms with Crippen LogP contribution in [-0.2, 0) is 27.2 Å². The Labute approximate surface area is 250 Å². The minimum atomic E-state index is -0.699. The molecule has 1 aromatic heterocycles. The number of allylic oxidation sites excluding steroid dienone is 3. The molecule has 224 valence electrons. The van der Waals surface area contributed by atoms with Crippen molar-refractivity contribution >= 4 is 34.0 Å². The molecule has 0 fully saturated rings. The van der Waals surface area contributed by atoms with Crippen LogP contribution >= 0.6 is 11.3 Å². The molecule has 5 rings (SSSR count). The van der Waals surface area contributed by atoms with Crippen LogP contribution in [0, 0.1) is 5.41 Å². The number of carbonyl (C=O) groups is 3. The molecule has 0 saturated heterocycles. The van der Waals surface area contributed by atoms with Crippen molar-refractivity contribution in [2.75, 3.05) is 33.8 Å². The van der Waals surface area contributed by atoms with Gasteiger partial charge in [-0.25, -0.2) is 4.79 Å². The molecular formula is C32H38N2O7S. The lowest BCUT2D eigenvalue weighted by atomic mass is 9.68. The molecule has 0 radical (unpaired) electrons. The quantitative estimate of drug-likeness (QED) is 0.394. The number of benzene rings is 1. The van der Waals surface area contributed by atoms with Crippen molar-refractivity contribution in [3.63, 3.8) is 0 Å². The van der Waals surface area contributed by atoms with Gasteiger partial charge in [0.05, 0.1) is 34.0 Å². The number of anilines is 1. The third-order valence-corrected chi connectivity index (χ3v) is 9.50. The van der Waals surface area contributed by atoms with Crippen molar-refractivity contribution in [3.8, 4) is 17.2 Å². The van der Waals surface area contributed by atoms with Crippen LogP contribution in [0.25, 0.3) is 0 Å². The van der Waals surface area contributed by atoms with E-state index in [1.54, 1.807) is 12.1 Å². The summed E-state index contributed by atoms with van der Waals surface area (Å²) in [5, 5.41) is 6.92. The van der Waals surface area contributed by atoms with Crippen LogP contribution in [0.2, 0.25) is 0 Å². The number of hydrogen-bond acceptors (Lipinski definition) is 9. The number of amides is 1. The molecule has 2 heterocycles. The molecule has 9 nitrogen and oxygen atoms in total. The molecule has 0 unspecified atom stereocenters. The van der Waals surface area contributed by atoms with Crippen molar-refractivity contribution in [1.82, 2.24) is 5.32 Å². The van der Waals surface area contributed by atoms with Crippen molar-refractivity contribution in [1.29, 1.82) is 0 Å². The molecule has 42 heavy (non-hydrogen) atoms. The molecule has 0 bridgehead atoms. The zero-order valence-electron chi connectivity index (χ0n) is 25.2. The first-order valence-corrected chi connectivity index (χ1v) is 14.9. The maximum absolute atomic E-state index is 14.3. The molecule has 2 aliphatic carbocycles. The van der Waals surface area contributed by atoms with Crippen molar-refractivity contribution in [2.45, 2.75) is 65.2 Å². The number of dihydropyridines is 1. The SMILES string of the molecule is COC(=O)c1c(NC(=O)C2=C(C)NC3=C(C(=O)CC(C)(C)C3)[C@@H]2c2cc(OC)c(OC)c(OC)c2)sc2c1CCCC2. The van der Waals surface area contributed by atoms with E-state index in [0.29, 0.717) is 63.1 Å². The number of Topliss-reactive ketones (excluding diaryl/α,β-unsaturated/α-hetero) is 1. The Hall–Kier alpha value is -3.79. The largest absolute Gasteiger partial charge is 0.493 e. The normalized spacial score (nSPS) is 19.4. The fourth-order valence-corrected chi connectivity index (χ4v) is 7.75. The zero-order valence-corrected chi connectivity index (χ0v) is 26.1. The van der Waals surface area contributed by atoms with Gasteiger partial charge in [0.1, 0.15) is 5.00 Å². The second kappa shape index (κ2) is 11.5. The highest BCUT2D eigenvalue weighted by atomic mass is 32.1. The smallest absolute Gasteiger partial charge is 0.341 e. The fraction of sp³-hybridized carbons (Fsp3) is 0.469. The number of esters is 1. The van der Waals surface area contributed by atoms with Gasteiger partial charge in [-0.05, 0) is 67.7 Å². The number of fused-ring (bicyclic) bond motifs is 1. The molecule has 1 amide bonds. The highest BCUT2D eigenvalue weighted by Crippen LogP contribution is 2.50. The minimum Gasteiger partial charge on any atom is -0.493 e. The number of hydrogen-bond donors (Lipinski definition) is 2. The van der Waals surface area contributed by atoms with Gasteiger partial charge >= 0.3 is 5.97 Å². The van der Waals surface area contributed by atoms with Crippen LogP contribution in [-0.4, -0.2) is 46.1 Å². The molecule has 10 heteroatoms. The predicted octanol–water partition coefficient (Wildman–Crippen LogP) is 5.68. The van der Waals surface area contributed by atoms with Crippen LogP contribution in [0.3, 0.4) is 0 Å². The molecular weight excluding hydrogens is 556 g/mol. The number of ketones is 1. The molecule has 1 atom stereocenters. The van der Waals surface area contributed by atoms with E-state index >= 15 is 0 Å². The Morgan fingerprint density at radius 3 is 2.29 bits per heavy atom. The van der Waals surface area contributed by atoms with E-state index < -0.39 is 17.8 Å². The van der Waals surface area contributed by atoms with E-state index in [2.05, 4.69) is 24.5 Å². The van der Waals surface area contributed by atoms with Crippen LogP contribution < -0.4 is 24.8 Å². The van der Waals surface area contributed by atoms with Gasteiger partial charge in [0.15, 0.2) is 17.3 Å². The molecule has 1 aromatic carbocycles. The minimum absolute atomic E-state index is 0.0212. The topological polar surface area (TPSA) is 112 Å². The summed E-state index contributed by atoms with van der Waals surface area (Å²) in [6.45, 7) is 5.98. The maximum Gasteiger partial charge on any atom is 0.341 e. The van der Waals surface area contributed by atoms with Gasteiger partial charge in [0.25, 0.3) is 5.91 Å². The zero-order chi connectivity index (χ0) is 30.3. The lowest BCUT2D eigenvalue weighted by Gasteiger charge is -2.39. The van der Waals surface area contributed by atoms with E-state index in [-0.39, 0.29) is 11.2 Å². The van der Waals surface area contributed by atoms with Crippen LogP contribution in [0.1, 0.15) is 78.7 Å². The van der Waals surface area contributed by atoms with Gasteiger partial charge in [-0.15, -0.1) is 11.3 Å². The Kier molecular flexibility index (Phi) is 8.11. The number of rotatable bonds is 7. The fourth-order valence-electron chi connectivity index (χ4n) is 6.48.